The van der Waals surface area contributed by atoms with Gasteiger partial charge in [0, 0.05) is 21.8 Å². The van der Waals surface area contributed by atoms with E-state index < -0.39 is 0 Å². The number of hydrogen-bond acceptors (Lipinski definition) is 0. The van der Waals surface area contributed by atoms with Crippen LogP contribution in [0.3, 0.4) is 0 Å². The molecule has 0 atom stereocenters. The van der Waals surface area contributed by atoms with E-state index >= 15 is 0 Å². The van der Waals surface area contributed by atoms with Crippen LogP contribution in [-0.2, 0) is 0 Å². The zero-order chi connectivity index (χ0) is 10.6. The van der Waals surface area contributed by atoms with E-state index in [4.69, 9.17) is 0 Å². The molecule has 0 radical (unpaired) electrons. The summed E-state index contributed by atoms with van der Waals surface area (Å²) in [5.41, 5.74) is 2.08. The van der Waals surface area contributed by atoms with E-state index in [2.05, 4.69) is 24.7 Å². The molecule has 0 aliphatic carbocycles. The number of allylic oxidation sites excluding steroid dienone is 1. The number of H-pyrrole nitrogens is 1. The van der Waals surface area contributed by atoms with Crippen molar-refractivity contribution >= 4 is 24.3 Å². The molecule has 1 aromatic heterocycles. The van der Waals surface area contributed by atoms with E-state index in [0.717, 1.165) is 21.8 Å². The Morgan fingerprint density at radius 1 is 1.14 bits per heavy atom. The summed E-state index contributed by atoms with van der Waals surface area (Å²) < 4.78 is 0. The van der Waals surface area contributed by atoms with Crippen LogP contribution in [0.25, 0.3) is 24.3 Å². The molecule has 1 nitrogen and oxygen atoms in total. The van der Waals surface area contributed by atoms with E-state index in [1.807, 2.05) is 25.2 Å². The second-order valence-electron chi connectivity index (χ2n) is 2.88. The number of aromatic nitrogens is 1. The van der Waals surface area contributed by atoms with Crippen LogP contribution in [0.4, 0.5) is 0 Å². The zero-order valence-electron chi connectivity index (χ0n) is 8.51. The lowest BCUT2D eigenvalue weighted by Gasteiger charge is -1.88. The van der Waals surface area contributed by atoms with Crippen molar-refractivity contribution in [2.45, 2.75) is 6.92 Å². The molecule has 1 aromatic rings. The highest BCUT2D eigenvalue weighted by atomic mass is 14.7. The Kier molecular flexibility index (Phi) is 3.29. The summed E-state index contributed by atoms with van der Waals surface area (Å²) in [7, 11) is 0. The quantitative estimate of drug-likeness (QED) is 0.742. The normalized spacial score (nSPS) is 12.9. The van der Waals surface area contributed by atoms with Gasteiger partial charge in [0.1, 0.15) is 0 Å². The van der Waals surface area contributed by atoms with Gasteiger partial charge in [0.25, 0.3) is 0 Å². The van der Waals surface area contributed by atoms with Gasteiger partial charge in [-0.1, -0.05) is 44.0 Å². The highest BCUT2D eigenvalue weighted by Gasteiger charge is 2.00. The molecule has 72 valence electrons. The topological polar surface area (TPSA) is 15.8 Å². The molecule has 0 amide bonds. The Balaban J connectivity index is 3.75. The summed E-state index contributed by atoms with van der Waals surface area (Å²) >= 11 is 0. The Morgan fingerprint density at radius 2 is 1.86 bits per heavy atom. The third-order valence-electron chi connectivity index (χ3n) is 2.12. The molecule has 1 rings (SSSR count). The summed E-state index contributed by atoms with van der Waals surface area (Å²) in [6.45, 7) is 13.2. The van der Waals surface area contributed by atoms with Crippen molar-refractivity contribution < 1.29 is 0 Å². The first-order chi connectivity index (χ1) is 6.78. The van der Waals surface area contributed by atoms with Gasteiger partial charge in [-0.2, -0.15) is 0 Å². The molecule has 0 aliphatic rings. The van der Waals surface area contributed by atoms with Gasteiger partial charge >= 0.3 is 0 Å². The Hall–Kier alpha value is -1.76. The number of nitrogens with one attached hydrogen (secondary N) is 1. The van der Waals surface area contributed by atoms with Crippen LogP contribution in [0.1, 0.15) is 18.2 Å². The number of hydrogen-bond donors (Lipinski definition) is 1. The van der Waals surface area contributed by atoms with Gasteiger partial charge in [-0.15, -0.1) is 0 Å². The Bertz CT molecular complexity index is 472. The monoisotopic (exact) mass is 185 g/mol. The molecule has 0 fully saturated rings. The molecule has 1 heteroatoms. The van der Waals surface area contributed by atoms with Crippen molar-refractivity contribution in [2.24, 2.45) is 0 Å². The molecule has 1 heterocycles. The van der Waals surface area contributed by atoms with Gasteiger partial charge in [0.2, 0.25) is 0 Å². The first kappa shape index (κ1) is 10.3. The lowest BCUT2D eigenvalue weighted by Crippen LogP contribution is -2.23. The maximum Gasteiger partial charge on any atom is 0.0458 e. The molecule has 0 saturated carbocycles. The van der Waals surface area contributed by atoms with Crippen LogP contribution in [0.15, 0.2) is 25.8 Å². The molecule has 0 spiro atoms. The van der Waals surface area contributed by atoms with Gasteiger partial charge < -0.3 is 4.98 Å². The van der Waals surface area contributed by atoms with Crippen molar-refractivity contribution in [3.05, 3.63) is 47.6 Å². The second-order valence-corrected chi connectivity index (χ2v) is 2.88. The number of rotatable bonds is 3. The average molecular weight is 185 g/mol. The van der Waals surface area contributed by atoms with E-state index in [0.29, 0.717) is 0 Å². The van der Waals surface area contributed by atoms with Gasteiger partial charge in [0.15, 0.2) is 0 Å². The number of aromatic amines is 1. The summed E-state index contributed by atoms with van der Waals surface area (Å²) in [4.78, 5) is 3.26. The summed E-state index contributed by atoms with van der Waals surface area (Å²) in [6, 6.07) is 0. The average Bonchev–Trinajstić information content (AvgIpc) is 2.56. The molecule has 0 aliphatic heterocycles. The minimum absolute atomic E-state index is 1.00. The Labute approximate surface area is 84.5 Å². The molecule has 0 unspecified atom stereocenters. The van der Waals surface area contributed by atoms with Gasteiger partial charge in [-0.3, -0.25) is 0 Å². The SMILES string of the molecule is C=C/C=c1/c(C=C)c(C=C)[nH]/c1=C/C. The van der Waals surface area contributed by atoms with Crippen LogP contribution < -0.4 is 10.6 Å². The van der Waals surface area contributed by atoms with Crippen molar-refractivity contribution in [1.29, 1.82) is 0 Å². The second kappa shape index (κ2) is 4.47. The van der Waals surface area contributed by atoms with Crippen LogP contribution in [0, 0.1) is 0 Å². The van der Waals surface area contributed by atoms with Gasteiger partial charge in [-0.05, 0) is 13.0 Å². The van der Waals surface area contributed by atoms with E-state index in [-0.39, 0.29) is 0 Å². The molecule has 1 N–H and O–H groups in total. The smallest absolute Gasteiger partial charge is 0.0458 e. The van der Waals surface area contributed by atoms with Crippen LogP contribution in [-0.4, -0.2) is 4.98 Å². The minimum Gasteiger partial charge on any atom is -0.355 e. The first-order valence-corrected chi connectivity index (χ1v) is 4.54. The third kappa shape index (κ3) is 1.62. The Morgan fingerprint density at radius 3 is 2.29 bits per heavy atom. The standard InChI is InChI=1S/C13H15N/c1-5-9-11-10(6-2)12(7-3)14-13(11)8-4/h5-9,14H,1-3H2,4H3/b11-9-,13-8+. The predicted molar refractivity (Wildman–Crippen MR) is 65.0 cm³/mol. The lowest BCUT2D eigenvalue weighted by molar-refractivity contribution is 1.29. The molecule has 0 bridgehead atoms. The highest BCUT2D eigenvalue weighted by Crippen LogP contribution is 2.01. The fourth-order valence-corrected chi connectivity index (χ4v) is 1.48. The fraction of sp³-hybridized carbons (Fsp3) is 0.0769. The summed E-state index contributed by atoms with van der Waals surface area (Å²) in [6.07, 6.45) is 9.39. The fourth-order valence-electron chi connectivity index (χ4n) is 1.48. The minimum atomic E-state index is 1.00. The maximum absolute atomic E-state index is 3.79. The molecular weight excluding hydrogens is 170 g/mol. The van der Waals surface area contributed by atoms with Gasteiger partial charge in [0.05, 0.1) is 0 Å². The summed E-state index contributed by atoms with van der Waals surface area (Å²) in [5, 5.41) is 2.20. The van der Waals surface area contributed by atoms with Crippen molar-refractivity contribution in [3.8, 4) is 0 Å². The maximum atomic E-state index is 3.79. The van der Waals surface area contributed by atoms with Crippen molar-refractivity contribution in [1.82, 2.24) is 4.98 Å². The van der Waals surface area contributed by atoms with Gasteiger partial charge in [-0.25, -0.2) is 0 Å². The van der Waals surface area contributed by atoms with E-state index in [9.17, 15) is 0 Å². The van der Waals surface area contributed by atoms with Crippen molar-refractivity contribution in [3.63, 3.8) is 0 Å². The van der Waals surface area contributed by atoms with E-state index in [1.165, 1.54) is 0 Å². The van der Waals surface area contributed by atoms with Crippen LogP contribution in [0.2, 0.25) is 0 Å². The lowest BCUT2D eigenvalue weighted by atomic mass is 10.2. The summed E-state index contributed by atoms with van der Waals surface area (Å²) in [5.74, 6) is 0. The molecule has 0 aromatic carbocycles. The van der Waals surface area contributed by atoms with Crippen molar-refractivity contribution in [2.75, 3.05) is 0 Å². The first-order valence-electron chi connectivity index (χ1n) is 4.54. The van der Waals surface area contributed by atoms with Crippen LogP contribution in [0.5, 0.6) is 0 Å². The third-order valence-corrected chi connectivity index (χ3v) is 2.12. The van der Waals surface area contributed by atoms with Crippen LogP contribution >= 0.6 is 0 Å². The van der Waals surface area contributed by atoms with E-state index in [1.54, 1.807) is 12.2 Å². The predicted octanol–water partition coefficient (Wildman–Crippen LogP) is 2.07. The highest BCUT2D eigenvalue weighted by molar-refractivity contribution is 5.64. The largest absolute Gasteiger partial charge is 0.355 e. The molecular formula is C13H15N. The zero-order valence-corrected chi connectivity index (χ0v) is 8.51. The molecule has 0 saturated heterocycles. The molecule has 14 heavy (non-hydrogen) atoms.